The number of ketones is 1. The van der Waals surface area contributed by atoms with E-state index < -0.39 is 6.03 Å². The minimum atomic E-state index is -0.427. The van der Waals surface area contributed by atoms with Gasteiger partial charge in [0, 0.05) is 23.4 Å². The Balaban J connectivity index is 1.62. The van der Waals surface area contributed by atoms with Gasteiger partial charge in [-0.15, -0.1) is 0 Å². The van der Waals surface area contributed by atoms with Gasteiger partial charge in [-0.05, 0) is 23.9 Å². The van der Waals surface area contributed by atoms with Crippen molar-refractivity contribution in [3.63, 3.8) is 0 Å². The van der Waals surface area contributed by atoms with Crippen molar-refractivity contribution in [3.8, 4) is 11.5 Å². The first-order valence-corrected chi connectivity index (χ1v) is 9.68. The van der Waals surface area contributed by atoms with Gasteiger partial charge in [0.15, 0.2) is 17.3 Å². The van der Waals surface area contributed by atoms with Crippen LogP contribution in [0.3, 0.4) is 0 Å². The highest BCUT2D eigenvalue weighted by atomic mass is 16.6. The lowest BCUT2D eigenvalue weighted by Gasteiger charge is -2.21. The largest absolute Gasteiger partial charge is 0.486 e. The number of rotatable bonds is 5. The van der Waals surface area contributed by atoms with Crippen molar-refractivity contribution in [2.75, 3.05) is 23.8 Å². The van der Waals surface area contributed by atoms with E-state index in [9.17, 15) is 9.59 Å². The van der Waals surface area contributed by atoms with Crippen molar-refractivity contribution >= 4 is 34.0 Å². The van der Waals surface area contributed by atoms with Crippen molar-refractivity contribution in [3.05, 3.63) is 60.2 Å². The molecular weight excluding hydrogens is 368 g/mol. The van der Waals surface area contributed by atoms with Crippen molar-refractivity contribution in [2.24, 2.45) is 0 Å². The van der Waals surface area contributed by atoms with Crippen molar-refractivity contribution < 1.29 is 19.1 Å². The van der Waals surface area contributed by atoms with E-state index >= 15 is 0 Å². The van der Waals surface area contributed by atoms with Crippen LogP contribution in [0.25, 0.3) is 10.8 Å². The van der Waals surface area contributed by atoms with Gasteiger partial charge in [-0.25, -0.2) is 4.79 Å². The topological polar surface area (TPSA) is 76.7 Å². The zero-order valence-electron chi connectivity index (χ0n) is 16.2. The minimum Gasteiger partial charge on any atom is -0.486 e. The van der Waals surface area contributed by atoms with E-state index in [2.05, 4.69) is 10.6 Å². The molecule has 0 saturated carbocycles. The Hall–Kier alpha value is -3.54. The molecule has 0 aliphatic carbocycles. The van der Waals surface area contributed by atoms with Crippen LogP contribution >= 0.6 is 0 Å². The van der Waals surface area contributed by atoms with Crippen molar-refractivity contribution in [1.82, 2.24) is 0 Å². The SMILES string of the molecule is CCCC(=O)c1cc2c(cc1NC(=O)Nc1cccc3ccccc13)OCCO2. The van der Waals surface area contributed by atoms with Crippen LogP contribution in [0.1, 0.15) is 30.1 Å². The Morgan fingerprint density at radius 3 is 2.38 bits per heavy atom. The predicted octanol–water partition coefficient (Wildman–Crippen LogP) is 5.24. The number of Topliss-reactive ketones (excluding diaryl/α,β-unsaturated/α-hetero) is 1. The Labute approximate surface area is 168 Å². The molecule has 3 aromatic carbocycles. The summed E-state index contributed by atoms with van der Waals surface area (Å²) >= 11 is 0. The van der Waals surface area contributed by atoms with E-state index in [1.807, 2.05) is 49.4 Å². The molecule has 3 aromatic rings. The van der Waals surface area contributed by atoms with Gasteiger partial charge in [0.25, 0.3) is 0 Å². The second-order valence-electron chi connectivity index (χ2n) is 6.82. The molecule has 0 unspecified atom stereocenters. The molecule has 0 fully saturated rings. The number of hydrogen-bond donors (Lipinski definition) is 2. The standard InChI is InChI=1S/C23H22N2O4/c1-2-6-20(26)17-13-21-22(29-12-11-28-21)14-19(17)25-23(27)24-18-10-5-8-15-7-3-4-9-16(15)18/h3-5,7-10,13-14H,2,6,11-12H2,1H3,(H2,24,25,27). The fraction of sp³-hybridized carbons (Fsp3) is 0.217. The summed E-state index contributed by atoms with van der Waals surface area (Å²) in [6.07, 6.45) is 1.11. The molecule has 1 aliphatic heterocycles. The summed E-state index contributed by atoms with van der Waals surface area (Å²) in [5, 5.41) is 7.66. The van der Waals surface area contributed by atoms with Crippen LogP contribution in [0.5, 0.6) is 11.5 Å². The molecule has 6 nitrogen and oxygen atoms in total. The van der Waals surface area contributed by atoms with Gasteiger partial charge in [0.1, 0.15) is 13.2 Å². The van der Waals surface area contributed by atoms with Crippen LogP contribution in [0.2, 0.25) is 0 Å². The lowest BCUT2D eigenvalue weighted by atomic mass is 10.0. The second kappa shape index (κ2) is 8.22. The number of carbonyl (C=O) groups is 2. The highest BCUT2D eigenvalue weighted by Gasteiger charge is 2.21. The van der Waals surface area contributed by atoms with Gasteiger partial charge in [-0.1, -0.05) is 43.3 Å². The van der Waals surface area contributed by atoms with E-state index in [1.54, 1.807) is 12.1 Å². The molecule has 0 aromatic heterocycles. The quantitative estimate of drug-likeness (QED) is 0.584. The number of hydrogen-bond acceptors (Lipinski definition) is 4. The number of amides is 2. The Bertz CT molecular complexity index is 1070. The number of ether oxygens (including phenoxy) is 2. The fourth-order valence-corrected chi connectivity index (χ4v) is 3.39. The molecule has 4 rings (SSSR count). The summed E-state index contributed by atoms with van der Waals surface area (Å²) in [6.45, 7) is 2.80. The first-order valence-electron chi connectivity index (χ1n) is 9.68. The maximum absolute atomic E-state index is 12.7. The van der Waals surface area contributed by atoms with Crippen molar-refractivity contribution in [1.29, 1.82) is 0 Å². The molecule has 0 bridgehead atoms. The lowest BCUT2D eigenvalue weighted by molar-refractivity contribution is 0.0981. The van der Waals surface area contributed by atoms with Gasteiger partial charge in [0.05, 0.1) is 11.4 Å². The third kappa shape index (κ3) is 4.01. The van der Waals surface area contributed by atoms with Crippen LogP contribution in [-0.2, 0) is 0 Å². The number of nitrogens with one attached hydrogen (secondary N) is 2. The average molecular weight is 390 g/mol. The maximum atomic E-state index is 12.7. The Morgan fingerprint density at radius 1 is 0.897 bits per heavy atom. The summed E-state index contributed by atoms with van der Waals surface area (Å²) in [7, 11) is 0. The molecule has 29 heavy (non-hydrogen) atoms. The van der Waals surface area contributed by atoms with Gasteiger partial charge >= 0.3 is 6.03 Å². The van der Waals surface area contributed by atoms with Crippen LogP contribution in [-0.4, -0.2) is 25.0 Å². The third-order valence-corrected chi connectivity index (χ3v) is 4.75. The lowest BCUT2D eigenvalue weighted by Crippen LogP contribution is -2.22. The van der Waals surface area contributed by atoms with Crippen LogP contribution in [0, 0.1) is 0 Å². The van der Waals surface area contributed by atoms with E-state index in [1.165, 1.54) is 0 Å². The molecule has 148 valence electrons. The number of carbonyl (C=O) groups excluding carboxylic acids is 2. The van der Waals surface area contributed by atoms with Gasteiger partial charge in [-0.2, -0.15) is 0 Å². The number of fused-ring (bicyclic) bond motifs is 2. The molecule has 1 aliphatic rings. The molecule has 0 spiro atoms. The number of urea groups is 1. The second-order valence-corrected chi connectivity index (χ2v) is 6.82. The summed E-state index contributed by atoms with van der Waals surface area (Å²) in [6, 6.07) is 16.4. The first-order chi connectivity index (χ1) is 14.2. The summed E-state index contributed by atoms with van der Waals surface area (Å²) < 4.78 is 11.2. The molecule has 2 N–H and O–H groups in total. The molecular formula is C23H22N2O4. The van der Waals surface area contributed by atoms with E-state index in [0.29, 0.717) is 48.1 Å². The summed E-state index contributed by atoms with van der Waals surface area (Å²) in [4.78, 5) is 25.3. The first kappa shape index (κ1) is 18.8. The van der Waals surface area contributed by atoms with Crippen LogP contribution in [0.4, 0.5) is 16.2 Å². The van der Waals surface area contributed by atoms with Gasteiger partial charge < -0.3 is 20.1 Å². The summed E-state index contributed by atoms with van der Waals surface area (Å²) in [5.74, 6) is 0.991. The number of benzene rings is 3. The molecule has 0 atom stereocenters. The smallest absolute Gasteiger partial charge is 0.323 e. The van der Waals surface area contributed by atoms with E-state index in [4.69, 9.17) is 9.47 Å². The van der Waals surface area contributed by atoms with E-state index in [0.717, 1.165) is 17.2 Å². The third-order valence-electron chi connectivity index (χ3n) is 4.75. The molecule has 2 amide bonds. The van der Waals surface area contributed by atoms with Gasteiger partial charge in [-0.3, -0.25) is 4.79 Å². The number of anilines is 2. The van der Waals surface area contributed by atoms with Crippen LogP contribution < -0.4 is 20.1 Å². The fourth-order valence-electron chi connectivity index (χ4n) is 3.39. The zero-order valence-corrected chi connectivity index (χ0v) is 16.2. The molecule has 6 heteroatoms. The van der Waals surface area contributed by atoms with Crippen molar-refractivity contribution in [2.45, 2.75) is 19.8 Å². The molecule has 0 saturated heterocycles. The minimum absolute atomic E-state index is 0.0510. The van der Waals surface area contributed by atoms with Crippen LogP contribution in [0.15, 0.2) is 54.6 Å². The molecule has 1 heterocycles. The van der Waals surface area contributed by atoms with E-state index in [-0.39, 0.29) is 5.78 Å². The average Bonchev–Trinajstić information content (AvgIpc) is 2.73. The monoisotopic (exact) mass is 390 g/mol. The Morgan fingerprint density at radius 2 is 1.59 bits per heavy atom. The summed E-state index contributed by atoms with van der Waals surface area (Å²) in [5.41, 5.74) is 1.52. The Kier molecular flexibility index (Phi) is 5.33. The normalized spacial score (nSPS) is 12.4. The molecule has 0 radical (unpaired) electrons. The highest BCUT2D eigenvalue weighted by molar-refractivity contribution is 6.10. The van der Waals surface area contributed by atoms with Gasteiger partial charge in [0.2, 0.25) is 0 Å². The zero-order chi connectivity index (χ0) is 20.2. The highest BCUT2D eigenvalue weighted by Crippen LogP contribution is 2.36. The maximum Gasteiger partial charge on any atom is 0.323 e. The predicted molar refractivity (Wildman–Crippen MR) is 113 cm³/mol.